The van der Waals surface area contributed by atoms with Crippen LogP contribution < -0.4 is 0 Å². The van der Waals surface area contributed by atoms with Crippen LogP contribution in [-0.2, 0) is 20.7 Å². The van der Waals surface area contributed by atoms with Crippen molar-refractivity contribution in [3.63, 3.8) is 0 Å². The molecule has 5 rings (SSSR count). The van der Waals surface area contributed by atoms with Crippen LogP contribution in [0.4, 0.5) is 14.5 Å². The van der Waals surface area contributed by atoms with E-state index in [0.717, 1.165) is 36.1 Å². The molecule has 0 aromatic heterocycles. The zero-order valence-corrected chi connectivity index (χ0v) is 21.3. The van der Waals surface area contributed by atoms with Gasteiger partial charge in [0, 0.05) is 18.1 Å². The standard InChI is InChI=1S/C30H25F2N3O5/c31-23-10-4-19(5-11-23)16-22-2-1-3-26-29(22)33-34(30(26)21-8-12-24(32)13-9-21)27(36)18-40-28(37)17-20-6-14-25(15-7-20)35(38)39/h4-16,26,30H,1-3,17-18H2. The van der Waals surface area contributed by atoms with Crippen molar-refractivity contribution >= 4 is 29.4 Å². The summed E-state index contributed by atoms with van der Waals surface area (Å²) in [5.74, 6) is -2.08. The Labute approximate surface area is 228 Å². The van der Waals surface area contributed by atoms with Gasteiger partial charge in [0.2, 0.25) is 0 Å². The Kier molecular flexibility index (Phi) is 7.77. The summed E-state index contributed by atoms with van der Waals surface area (Å²) in [5.41, 5.74) is 3.59. The van der Waals surface area contributed by atoms with Crippen LogP contribution in [0.25, 0.3) is 6.08 Å². The van der Waals surface area contributed by atoms with Crippen LogP contribution in [0.5, 0.6) is 0 Å². The lowest BCUT2D eigenvalue weighted by atomic mass is 9.77. The molecule has 0 N–H and O–H groups in total. The highest BCUT2D eigenvalue weighted by atomic mass is 19.1. The third-order valence-electron chi connectivity index (χ3n) is 7.03. The molecule has 2 unspecified atom stereocenters. The largest absolute Gasteiger partial charge is 0.455 e. The molecule has 40 heavy (non-hydrogen) atoms. The van der Waals surface area contributed by atoms with Crippen molar-refractivity contribution in [1.29, 1.82) is 0 Å². The summed E-state index contributed by atoms with van der Waals surface area (Å²) in [4.78, 5) is 36.1. The number of amides is 1. The number of fused-ring (bicyclic) bond motifs is 1. The summed E-state index contributed by atoms with van der Waals surface area (Å²) in [5, 5.41) is 16.8. The van der Waals surface area contributed by atoms with E-state index in [2.05, 4.69) is 5.10 Å². The van der Waals surface area contributed by atoms with Gasteiger partial charge in [-0.25, -0.2) is 13.8 Å². The fourth-order valence-electron chi connectivity index (χ4n) is 5.12. The molecule has 0 radical (unpaired) electrons. The SMILES string of the molecule is O=C(Cc1ccc([N+](=O)[O-])cc1)OCC(=O)N1N=C2C(=Cc3ccc(F)cc3)CCCC2C1c1ccc(F)cc1. The van der Waals surface area contributed by atoms with Crippen LogP contribution in [0.1, 0.15) is 42.0 Å². The van der Waals surface area contributed by atoms with Crippen LogP contribution >= 0.6 is 0 Å². The number of carbonyl (C=O) groups is 2. The first-order valence-corrected chi connectivity index (χ1v) is 12.8. The lowest BCUT2D eigenvalue weighted by Gasteiger charge is -2.29. The van der Waals surface area contributed by atoms with Gasteiger partial charge in [-0.3, -0.25) is 19.7 Å². The van der Waals surface area contributed by atoms with Crippen molar-refractivity contribution in [1.82, 2.24) is 5.01 Å². The zero-order valence-electron chi connectivity index (χ0n) is 21.3. The fourth-order valence-corrected chi connectivity index (χ4v) is 5.12. The lowest BCUT2D eigenvalue weighted by molar-refractivity contribution is -0.384. The maximum Gasteiger partial charge on any atom is 0.310 e. The van der Waals surface area contributed by atoms with E-state index in [-0.39, 0.29) is 23.8 Å². The minimum absolute atomic E-state index is 0.0958. The quantitative estimate of drug-likeness (QED) is 0.213. The second-order valence-electron chi connectivity index (χ2n) is 9.70. The Morgan fingerprint density at radius 1 is 1.00 bits per heavy atom. The smallest absolute Gasteiger partial charge is 0.310 e. The number of nitro benzene ring substituents is 1. The number of allylic oxidation sites excluding steroid dienone is 1. The van der Waals surface area contributed by atoms with Crippen molar-refractivity contribution < 1.29 is 28.0 Å². The molecule has 0 spiro atoms. The Bertz CT molecular complexity index is 1490. The van der Waals surface area contributed by atoms with Gasteiger partial charge < -0.3 is 4.74 Å². The normalized spacial score (nSPS) is 19.2. The van der Waals surface area contributed by atoms with Gasteiger partial charge in [-0.15, -0.1) is 0 Å². The number of carbonyl (C=O) groups excluding carboxylic acids is 2. The molecule has 8 nitrogen and oxygen atoms in total. The van der Waals surface area contributed by atoms with Crippen molar-refractivity contribution in [2.75, 3.05) is 6.61 Å². The van der Waals surface area contributed by atoms with Gasteiger partial charge in [0.25, 0.3) is 11.6 Å². The van der Waals surface area contributed by atoms with Crippen LogP contribution in [0, 0.1) is 27.7 Å². The molecule has 0 saturated heterocycles. The van der Waals surface area contributed by atoms with E-state index < -0.39 is 35.3 Å². The second kappa shape index (κ2) is 11.6. The van der Waals surface area contributed by atoms with E-state index in [4.69, 9.17) is 4.74 Å². The molecule has 2 aliphatic rings. The highest BCUT2D eigenvalue weighted by Crippen LogP contribution is 2.44. The molecule has 2 atom stereocenters. The first kappa shape index (κ1) is 26.9. The maximum atomic E-state index is 13.7. The van der Waals surface area contributed by atoms with E-state index in [9.17, 15) is 28.5 Å². The number of hydrogen-bond acceptors (Lipinski definition) is 6. The Morgan fingerprint density at radius 2 is 1.65 bits per heavy atom. The summed E-state index contributed by atoms with van der Waals surface area (Å²) in [7, 11) is 0. The van der Waals surface area contributed by atoms with Crippen molar-refractivity contribution in [3.8, 4) is 0 Å². The van der Waals surface area contributed by atoms with Gasteiger partial charge in [-0.05, 0) is 71.9 Å². The summed E-state index contributed by atoms with van der Waals surface area (Å²) in [6, 6.07) is 17.0. The van der Waals surface area contributed by atoms with Crippen LogP contribution in [0.2, 0.25) is 0 Å². The molecule has 0 bridgehead atoms. The summed E-state index contributed by atoms with van der Waals surface area (Å²) in [6.07, 6.45) is 4.11. The third-order valence-corrected chi connectivity index (χ3v) is 7.03. The van der Waals surface area contributed by atoms with Gasteiger partial charge in [-0.1, -0.05) is 36.4 Å². The first-order valence-electron chi connectivity index (χ1n) is 12.8. The minimum atomic E-state index is -0.665. The lowest BCUT2D eigenvalue weighted by Crippen LogP contribution is -2.34. The van der Waals surface area contributed by atoms with Crippen LogP contribution in [0.15, 0.2) is 83.5 Å². The molecule has 1 heterocycles. The Morgan fingerprint density at radius 3 is 2.30 bits per heavy atom. The van der Waals surface area contributed by atoms with E-state index in [1.54, 1.807) is 24.3 Å². The summed E-state index contributed by atoms with van der Waals surface area (Å²) in [6.45, 7) is -0.552. The van der Waals surface area contributed by atoms with Gasteiger partial charge in [-0.2, -0.15) is 5.10 Å². The number of nitrogens with zero attached hydrogens (tertiary/aromatic N) is 3. The molecular formula is C30H25F2N3O5. The van der Waals surface area contributed by atoms with E-state index in [0.29, 0.717) is 11.1 Å². The van der Waals surface area contributed by atoms with Gasteiger partial charge in [0.1, 0.15) is 11.6 Å². The number of rotatable bonds is 7. The Balaban J connectivity index is 1.35. The number of nitro groups is 1. The number of non-ortho nitro benzene ring substituents is 1. The molecule has 204 valence electrons. The van der Waals surface area contributed by atoms with Gasteiger partial charge in [0.05, 0.1) is 23.1 Å². The van der Waals surface area contributed by atoms with Crippen molar-refractivity contribution in [2.24, 2.45) is 11.0 Å². The minimum Gasteiger partial charge on any atom is -0.455 e. The van der Waals surface area contributed by atoms with Crippen LogP contribution in [0.3, 0.4) is 0 Å². The first-order chi connectivity index (χ1) is 19.3. The highest BCUT2D eigenvalue weighted by Gasteiger charge is 2.43. The number of benzene rings is 3. The number of ether oxygens (including phenoxy) is 1. The highest BCUT2D eigenvalue weighted by molar-refractivity contribution is 6.08. The average molecular weight is 546 g/mol. The molecule has 1 fully saturated rings. The van der Waals surface area contributed by atoms with Crippen molar-refractivity contribution in [2.45, 2.75) is 31.7 Å². The predicted octanol–water partition coefficient (Wildman–Crippen LogP) is 5.78. The maximum absolute atomic E-state index is 13.7. The fraction of sp³-hybridized carbons (Fsp3) is 0.233. The van der Waals surface area contributed by atoms with Crippen LogP contribution in [-0.4, -0.2) is 34.1 Å². The van der Waals surface area contributed by atoms with E-state index in [1.165, 1.54) is 53.5 Å². The van der Waals surface area contributed by atoms with Gasteiger partial charge in [0.15, 0.2) is 6.61 Å². The molecule has 3 aromatic carbocycles. The Hall–Kier alpha value is -4.73. The summed E-state index contributed by atoms with van der Waals surface area (Å²) >= 11 is 0. The number of hydrazone groups is 1. The van der Waals surface area contributed by atoms with E-state index in [1.807, 2.05) is 6.08 Å². The molecular weight excluding hydrogens is 520 g/mol. The average Bonchev–Trinajstić information content (AvgIpc) is 3.34. The molecule has 1 aliphatic heterocycles. The molecule has 1 saturated carbocycles. The molecule has 3 aromatic rings. The summed E-state index contributed by atoms with van der Waals surface area (Å²) < 4.78 is 32.4. The third kappa shape index (κ3) is 5.96. The number of halogens is 2. The zero-order chi connectivity index (χ0) is 28.2. The topological polar surface area (TPSA) is 102 Å². The molecule has 10 heteroatoms. The number of esters is 1. The molecule has 1 aliphatic carbocycles. The van der Waals surface area contributed by atoms with E-state index >= 15 is 0 Å². The van der Waals surface area contributed by atoms with Crippen molar-refractivity contribution in [3.05, 3.63) is 117 Å². The molecule has 1 amide bonds. The number of hydrogen-bond donors (Lipinski definition) is 0. The second-order valence-corrected chi connectivity index (χ2v) is 9.70. The predicted molar refractivity (Wildman–Crippen MR) is 143 cm³/mol. The van der Waals surface area contributed by atoms with Gasteiger partial charge >= 0.3 is 5.97 Å². The monoisotopic (exact) mass is 545 g/mol.